The fourth-order valence-electron chi connectivity index (χ4n) is 3.19. The van der Waals surface area contributed by atoms with Crippen LogP contribution in [0.3, 0.4) is 0 Å². The van der Waals surface area contributed by atoms with Crippen LogP contribution in [0.15, 0.2) is 51.5 Å². The average Bonchev–Trinajstić information content (AvgIpc) is 3.17. The number of hydrogen-bond acceptors (Lipinski definition) is 6. The summed E-state index contributed by atoms with van der Waals surface area (Å²) < 4.78 is 5.75. The highest BCUT2D eigenvalue weighted by molar-refractivity contribution is 6.32. The van der Waals surface area contributed by atoms with Crippen LogP contribution in [0, 0.1) is 27.4 Å². The third-order valence-electron chi connectivity index (χ3n) is 4.71. The molecule has 1 aromatic carbocycles. The second-order valence-corrected chi connectivity index (χ2v) is 7.82. The zero-order chi connectivity index (χ0) is 22.9. The van der Waals surface area contributed by atoms with Crippen LogP contribution in [-0.2, 0) is 9.59 Å². The van der Waals surface area contributed by atoms with E-state index in [1.54, 1.807) is 25.1 Å². The SMILES string of the molecule is CC1=C(C#N)C(=O)N(CC(C)C)C(=O)/C1=C/c1ccc(-c2ccc(Cl)c([N+](=O)[O-])c2)o1. The third-order valence-corrected chi connectivity index (χ3v) is 5.03. The molecular formula is C22H18ClN3O5. The van der Waals surface area contributed by atoms with Crippen LogP contribution in [0.4, 0.5) is 5.69 Å². The summed E-state index contributed by atoms with van der Waals surface area (Å²) in [4.78, 5) is 37.1. The highest BCUT2D eigenvalue weighted by Crippen LogP contribution is 2.33. The lowest BCUT2D eigenvalue weighted by atomic mass is 9.94. The van der Waals surface area contributed by atoms with Crippen LogP contribution in [0.5, 0.6) is 0 Å². The molecule has 1 aliphatic heterocycles. The van der Waals surface area contributed by atoms with Crippen molar-refractivity contribution in [2.24, 2.45) is 5.92 Å². The van der Waals surface area contributed by atoms with E-state index >= 15 is 0 Å². The molecule has 0 atom stereocenters. The number of furan rings is 1. The quantitative estimate of drug-likeness (QED) is 0.287. The first-order valence-corrected chi connectivity index (χ1v) is 9.75. The maximum atomic E-state index is 12.9. The molecule has 1 aromatic heterocycles. The topological polar surface area (TPSA) is 117 Å². The van der Waals surface area contributed by atoms with Crippen LogP contribution >= 0.6 is 11.6 Å². The highest BCUT2D eigenvalue weighted by atomic mass is 35.5. The molecule has 0 aliphatic carbocycles. The number of rotatable bonds is 5. The number of carbonyl (C=O) groups excluding carboxylic acids is 2. The second kappa shape index (κ2) is 8.58. The summed E-state index contributed by atoms with van der Waals surface area (Å²) in [5, 5.41) is 20.5. The zero-order valence-electron chi connectivity index (χ0n) is 17.0. The van der Waals surface area contributed by atoms with Crippen LogP contribution < -0.4 is 0 Å². The van der Waals surface area contributed by atoms with Gasteiger partial charge in [0.25, 0.3) is 17.5 Å². The van der Waals surface area contributed by atoms with Gasteiger partial charge in [-0.15, -0.1) is 0 Å². The van der Waals surface area contributed by atoms with Gasteiger partial charge in [0.1, 0.15) is 28.2 Å². The number of nitro benzene ring substituents is 1. The summed E-state index contributed by atoms with van der Waals surface area (Å²) in [6.45, 7) is 5.46. The number of amides is 2. The Morgan fingerprint density at radius 3 is 2.58 bits per heavy atom. The molecule has 0 spiro atoms. The monoisotopic (exact) mass is 439 g/mol. The van der Waals surface area contributed by atoms with Crippen molar-refractivity contribution in [3.05, 3.63) is 67.9 Å². The first-order valence-electron chi connectivity index (χ1n) is 9.37. The summed E-state index contributed by atoms with van der Waals surface area (Å²) in [7, 11) is 0. The molecule has 0 unspecified atom stereocenters. The van der Waals surface area contributed by atoms with Crippen molar-refractivity contribution in [2.75, 3.05) is 6.54 Å². The van der Waals surface area contributed by atoms with Gasteiger partial charge in [-0.05, 0) is 48.8 Å². The fourth-order valence-corrected chi connectivity index (χ4v) is 3.38. The highest BCUT2D eigenvalue weighted by Gasteiger charge is 2.35. The molecule has 0 radical (unpaired) electrons. The van der Waals surface area contributed by atoms with Crippen molar-refractivity contribution in [1.29, 1.82) is 5.26 Å². The van der Waals surface area contributed by atoms with E-state index in [1.165, 1.54) is 18.2 Å². The molecule has 0 bridgehead atoms. The van der Waals surface area contributed by atoms with Gasteiger partial charge < -0.3 is 4.42 Å². The lowest BCUT2D eigenvalue weighted by Gasteiger charge is -2.28. The number of nitriles is 1. The number of hydrogen-bond donors (Lipinski definition) is 0. The maximum absolute atomic E-state index is 12.9. The molecule has 2 aromatic rings. The summed E-state index contributed by atoms with van der Waals surface area (Å²) in [6.07, 6.45) is 1.46. The van der Waals surface area contributed by atoms with Crippen molar-refractivity contribution >= 4 is 35.2 Å². The van der Waals surface area contributed by atoms with Gasteiger partial charge in [0.05, 0.1) is 4.92 Å². The number of nitro groups is 1. The van der Waals surface area contributed by atoms with Gasteiger partial charge in [-0.1, -0.05) is 25.4 Å². The molecule has 3 rings (SSSR count). The van der Waals surface area contributed by atoms with Gasteiger partial charge in [-0.2, -0.15) is 5.26 Å². The molecule has 2 heterocycles. The predicted molar refractivity (Wildman–Crippen MR) is 114 cm³/mol. The largest absolute Gasteiger partial charge is 0.457 e. The Bertz CT molecular complexity index is 1200. The Hall–Kier alpha value is -3.70. The minimum absolute atomic E-state index is 0.00940. The number of imide groups is 1. The first kappa shape index (κ1) is 22.0. The Balaban J connectivity index is 2.03. The van der Waals surface area contributed by atoms with E-state index in [2.05, 4.69) is 0 Å². The Morgan fingerprint density at radius 1 is 1.26 bits per heavy atom. The van der Waals surface area contributed by atoms with E-state index in [4.69, 9.17) is 16.0 Å². The molecule has 0 N–H and O–H groups in total. The number of benzene rings is 1. The molecule has 9 heteroatoms. The molecule has 158 valence electrons. The van der Waals surface area contributed by atoms with Crippen molar-refractivity contribution in [3.8, 4) is 17.4 Å². The fraction of sp³-hybridized carbons (Fsp3) is 0.227. The Kier molecular flexibility index (Phi) is 6.09. The maximum Gasteiger partial charge on any atom is 0.288 e. The smallest absolute Gasteiger partial charge is 0.288 e. The normalized spacial score (nSPS) is 15.7. The van der Waals surface area contributed by atoms with Gasteiger partial charge in [-0.3, -0.25) is 24.6 Å². The molecule has 31 heavy (non-hydrogen) atoms. The number of nitrogens with zero attached hydrogens (tertiary/aromatic N) is 3. The van der Waals surface area contributed by atoms with Gasteiger partial charge in [-0.25, -0.2) is 0 Å². The minimum atomic E-state index is -0.607. The third kappa shape index (κ3) is 4.27. The molecule has 2 amide bonds. The Morgan fingerprint density at radius 2 is 1.97 bits per heavy atom. The van der Waals surface area contributed by atoms with Crippen molar-refractivity contribution < 1.29 is 18.9 Å². The van der Waals surface area contributed by atoms with E-state index in [9.17, 15) is 25.0 Å². The summed E-state index contributed by atoms with van der Waals surface area (Å²) in [6, 6.07) is 9.37. The van der Waals surface area contributed by atoms with Crippen LogP contribution in [-0.4, -0.2) is 28.2 Å². The standard InChI is InChI=1S/C22H18ClN3O5/c1-12(2)11-25-21(27)16(13(3)17(10-24)22(25)28)9-15-5-7-20(31-15)14-4-6-18(23)19(8-14)26(29)30/h4-9,12H,11H2,1-3H3/b16-9+. The summed E-state index contributed by atoms with van der Waals surface area (Å²) in [5.74, 6) is -0.443. The van der Waals surface area contributed by atoms with E-state index < -0.39 is 16.7 Å². The average molecular weight is 440 g/mol. The van der Waals surface area contributed by atoms with Gasteiger partial charge in [0.15, 0.2) is 0 Å². The zero-order valence-corrected chi connectivity index (χ0v) is 17.8. The van der Waals surface area contributed by atoms with E-state index in [0.29, 0.717) is 17.1 Å². The molecule has 8 nitrogen and oxygen atoms in total. The number of halogens is 1. The predicted octanol–water partition coefficient (Wildman–Crippen LogP) is 4.76. The first-order chi connectivity index (χ1) is 14.6. The van der Waals surface area contributed by atoms with Crippen LogP contribution in [0.25, 0.3) is 17.4 Å². The van der Waals surface area contributed by atoms with Crippen LogP contribution in [0.2, 0.25) is 5.02 Å². The summed E-state index contributed by atoms with van der Waals surface area (Å²) in [5.41, 5.74) is 0.555. The van der Waals surface area contributed by atoms with E-state index in [-0.39, 0.29) is 39.9 Å². The van der Waals surface area contributed by atoms with Gasteiger partial charge in [0, 0.05) is 23.7 Å². The van der Waals surface area contributed by atoms with E-state index in [0.717, 1.165) is 4.90 Å². The second-order valence-electron chi connectivity index (χ2n) is 7.41. The lowest BCUT2D eigenvalue weighted by Crippen LogP contribution is -2.44. The Labute approximate surface area is 183 Å². The lowest BCUT2D eigenvalue weighted by molar-refractivity contribution is -0.384. The van der Waals surface area contributed by atoms with Crippen molar-refractivity contribution in [1.82, 2.24) is 4.90 Å². The molecule has 0 saturated heterocycles. The van der Waals surface area contributed by atoms with Gasteiger partial charge >= 0.3 is 0 Å². The van der Waals surface area contributed by atoms with E-state index in [1.807, 2.05) is 19.9 Å². The molecular weight excluding hydrogens is 422 g/mol. The molecule has 0 fully saturated rings. The number of carbonyl (C=O) groups is 2. The minimum Gasteiger partial charge on any atom is -0.457 e. The van der Waals surface area contributed by atoms with Crippen molar-refractivity contribution in [2.45, 2.75) is 20.8 Å². The van der Waals surface area contributed by atoms with Crippen molar-refractivity contribution in [3.63, 3.8) is 0 Å². The molecule has 1 aliphatic rings. The van der Waals surface area contributed by atoms with Gasteiger partial charge in [0.2, 0.25) is 0 Å². The molecule has 0 saturated carbocycles. The van der Waals surface area contributed by atoms with Crippen LogP contribution in [0.1, 0.15) is 26.5 Å². The summed E-state index contributed by atoms with van der Waals surface area (Å²) >= 11 is 5.85.